The quantitative estimate of drug-likeness (QED) is 0.491. The fourth-order valence-electron chi connectivity index (χ4n) is 3.93. The first-order chi connectivity index (χ1) is 16.4. The van der Waals surface area contributed by atoms with Gasteiger partial charge in [-0.25, -0.2) is 4.39 Å². The second kappa shape index (κ2) is 10.2. The molecule has 7 nitrogen and oxygen atoms in total. The van der Waals surface area contributed by atoms with Gasteiger partial charge in [0.05, 0.1) is 5.56 Å². The van der Waals surface area contributed by atoms with Gasteiger partial charge in [0.25, 0.3) is 11.8 Å². The molecule has 0 radical (unpaired) electrons. The number of nitrogens with one attached hydrogen (secondary N) is 2. The summed E-state index contributed by atoms with van der Waals surface area (Å²) in [6, 6.07) is 19.2. The van der Waals surface area contributed by atoms with Crippen LogP contribution in [0.15, 0.2) is 72.8 Å². The molecule has 1 saturated heterocycles. The number of hydrogen-bond acceptors (Lipinski definition) is 4. The number of halogens is 1. The van der Waals surface area contributed by atoms with Crippen molar-refractivity contribution >= 4 is 34.8 Å². The Bertz CT molecular complexity index is 1200. The lowest BCUT2D eigenvalue weighted by Gasteiger charge is -2.27. The summed E-state index contributed by atoms with van der Waals surface area (Å²) in [6.45, 7) is 0.690. The van der Waals surface area contributed by atoms with Gasteiger partial charge in [0.15, 0.2) is 0 Å². The van der Waals surface area contributed by atoms with Crippen molar-refractivity contribution < 1.29 is 18.8 Å². The summed E-state index contributed by atoms with van der Waals surface area (Å²) in [5, 5.41) is 5.95. The molecule has 8 heteroatoms. The van der Waals surface area contributed by atoms with E-state index in [0.717, 1.165) is 24.6 Å². The molecule has 1 heterocycles. The minimum absolute atomic E-state index is 0.103. The SMILES string of the molecule is NC(=O)c1cc(NC(C(=O)Nc2ccc(N3CCCCC3=O)cc2)c2ccccc2)ccc1F. The number of amides is 3. The number of anilines is 3. The van der Waals surface area contributed by atoms with E-state index in [-0.39, 0.29) is 17.4 Å². The maximum Gasteiger partial charge on any atom is 0.251 e. The number of primary amides is 1. The molecule has 1 aliphatic rings. The lowest BCUT2D eigenvalue weighted by Crippen LogP contribution is -2.35. The Morgan fingerprint density at radius 1 is 0.941 bits per heavy atom. The van der Waals surface area contributed by atoms with Crippen LogP contribution in [0.5, 0.6) is 0 Å². The van der Waals surface area contributed by atoms with Crippen LogP contribution in [0, 0.1) is 5.82 Å². The molecule has 3 amide bonds. The molecule has 4 N–H and O–H groups in total. The number of hydrogen-bond donors (Lipinski definition) is 3. The van der Waals surface area contributed by atoms with Gasteiger partial charge in [-0.2, -0.15) is 0 Å². The largest absolute Gasteiger partial charge is 0.370 e. The van der Waals surface area contributed by atoms with Crippen LogP contribution in [0.2, 0.25) is 0 Å². The van der Waals surface area contributed by atoms with Gasteiger partial charge >= 0.3 is 0 Å². The van der Waals surface area contributed by atoms with E-state index in [1.807, 2.05) is 18.2 Å². The van der Waals surface area contributed by atoms with Crippen molar-refractivity contribution in [2.24, 2.45) is 5.73 Å². The van der Waals surface area contributed by atoms with E-state index in [1.165, 1.54) is 12.1 Å². The molecule has 3 aromatic rings. The Balaban J connectivity index is 1.54. The molecule has 0 bridgehead atoms. The zero-order chi connectivity index (χ0) is 24.1. The van der Waals surface area contributed by atoms with E-state index < -0.39 is 17.8 Å². The highest BCUT2D eigenvalue weighted by molar-refractivity contribution is 5.99. The van der Waals surface area contributed by atoms with Crippen molar-refractivity contribution in [2.75, 3.05) is 22.1 Å². The monoisotopic (exact) mass is 460 g/mol. The predicted octanol–water partition coefficient (Wildman–Crippen LogP) is 4.23. The van der Waals surface area contributed by atoms with Crippen molar-refractivity contribution in [3.05, 3.63) is 89.7 Å². The fraction of sp³-hybridized carbons (Fsp3) is 0.192. The number of nitrogens with zero attached hydrogens (tertiary/aromatic N) is 1. The van der Waals surface area contributed by atoms with E-state index in [0.29, 0.717) is 29.9 Å². The van der Waals surface area contributed by atoms with Crippen LogP contribution in [0.4, 0.5) is 21.5 Å². The van der Waals surface area contributed by atoms with Crippen LogP contribution in [-0.2, 0) is 9.59 Å². The Kier molecular flexibility index (Phi) is 6.87. The van der Waals surface area contributed by atoms with Gasteiger partial charge in [0.1, 0.15) is 11.9 Å². The van der Waals surface area contributed by atoms with Crippen LogP contribution in [0.25, 0.3) is 0 Å². The molecule has 0 saturated carbocycles. The molecule has 0 aromatic heterocycles. The second-order valence-electron chi connectivity index (χ2n) is 8.09. The third-order valence-corrected chi connectivity index (χ3v) is 5.71. The molecular formula is C26H25FN4O3. The van der Waals surface area contributed by atoms with Crippen molar-refractivity contribution in [1.29, 1.82) is 0 Å². The third-order valence-electron chi connectivity index (χ3n) is 5.71. The fourth-order valence-corrected chi connectivity index (χ4v) is 3.93. The normalized spacial score (nSPS) is 14.4. The maximum absolute atomic E-state index is 13.9. The van der Waals surface area contributed by atoms with Crippen LogP contribution >= 0.6 is 0 Å². The van der Waals surface area contributed by atoms with E-state index >= 15 is 0 Å². The van der Waals surface area contributed by atoms with Gasteiger partial charge in [0.2, 0.25) is 5.91 Å². The summed E-state index contributed by atoms with van der Waals surface area (Å²) < 4.78 is 13.9. The second-order valence-corrected chi connectivity index (χ2v) is 8.09. The van der Waals surface area contributed by atoms with Crippen molar-refractivity contribution in [2.45, 2.75) is 25.3 Å². The van der Waals surface area contributed by atoms with E-state index in [9.17, 15) is 18.8 Å². The molecule has 4 rings (SSSR count). The average Bonchev–Trinajstić information content (AvgIpc) is 2.84. The topological polar surface area (TPSA) is 105 Å². The molecule has 1 unspecified atom stereocenters. The van der Waals surface area contributed by atoms with Gasteiger partial charge in [-0.3, -0.25) is 14.4 Å². The zero-order valence-corrected chi connectivity index (χ0v) is 18.5. The Labute approximate surface area is 196 Å². The Morgan fingerprint density at radius 3 is 2.32 bits per heavy atom. The lowest BCUT2D eigenvalue weighted by atomic mass is 10.0. The van der Waals surface area contributed by atoms with Crippen LogP contribution < -0.4 is 21.3 Å². The van der Waals surface area contributed by atoms with Crippen LogP contribution in [0.1, 0.15) is 41.2 Å². The number of carbonyl (C=O) groups excluding carboxylic acids is 3. The smallest absolute Gasteiger partial charge is 0.251 e. The number of carbonyl (C=O) groups is 3. The lowest BCUT2D eigenvalue weighted by molar-refractivity contribution is -0.119. The number of rotatable bonds is 7. The Hall–Kier alpha value is -4.20. The number of piperidine rings is 1. The van der Waals surface area contributed by atoms with Crippen LogP contribution in [0.3, 0.4) is 0 Å². The first kappa shape index (κ1) is 23.0. The molecule has 0 spiro atoms. The summed E-state index contributed by atoms with van der Waals surface area (Å²) in [7, 11) is 0. The van der Waals surface area contributed by atoms with Crippen molar-refractivity contribution in [1.82, 2.24) is 0 Å². The van der Waals surface area contributed by atoms with Crippen molar-refractivity contribution in [3.63, 3.8) is 0 Å². The highest BCUT2D eigenvalue weighted by atomic mass is 19.1. The summed E-state index contributed by atoms with van der Waals surface area (Å²) >= 11 is 0. The van der Waals surface area contributed by atoms with E-state index in [2.05, 4.69) is 10.6 Å². The van der Waals surface area contributed by atoms with Gasteiger partial charge < -0.3 is 21.3 Å². The van der Waals surface area contributed by atoms with Crippen molar-refractivity contribution in [3.8, 4) is 0 Å². The third kappa shape index (κ3) is 5.23. The molecule has 3 aromatic carbocycles. The first-order valence-corrected chi connectivity index (χ1v) is 11.0. The van der Waals surface area contributed by atoms with Gasteiger partial charge in [-0.05, 0) is 60.9 Å². The minimum atomic E-state index is -0.894. The highest BCUT2D eigenvalue weighted by Gasteiger charge is 2.23. The highest BCUT2D eigenvalue weighted by Crippen LogP contribution is 2.26. The average molecular weight is 461 g/mol. The molecule has 174 valence electrons. The predicted molar refractivity (Wildman–Crippen MR) is 129 cm³/mol. The number of nitrogens with two attached hydrogens (primary N) is 1. The molecule has 0 aliphatic carbocycles. The summed E-state index contributed by atoms with van der Waals surface area (Å²) in [5.41, 5.74) is 7.41. The summed E-state index contributed by atoms with van der Waals surface area (Å²) in [6.07, 6.45) is 2.42. The summed E-state index contributed by atoms with van der Waals surface area (Å²) in [5.74, 6) is -1.87. The maximum atomic E-state index is 13.9. The molecular weight excluding hydrogens is 435 g/mol. The summed E-state index contributed by atoms with van der Waals surface area (Å²) in [4.78, 5) is 38.7. The molecule has 1 atom stereocenters. The number of benzene rings is 3. The Morgan fingerprint density at radius 2 is 1.65 bits per heavy atom. The first-order valence-electron chi connectivity index (χ1n) is 11.0. The zero-order valence-electron chi connectivity index (χ0n) is 18.5. The molecule has 1 fully saturated rings. The van der Waals surface area contributed by atoms with Gasteiger partial charge in [-0.1, -0.05) is 30.3 Å². The van der Waals surface area contributed by atoms with Crippen LogP contribution in [-0.4, -0.2) is 24.3 Å². The molecule has 34 heavy (non-hydrogen) atoms. The van der Waals surface area contributed by atoms with E-state index in [1.54, 1.807) is 41.3 Å². The van der Waals surface area contributed by atoms with Gasteiger partial charge in [-0.15, -0.1) is 0 Å². The standard InChI is InChI=1S/C26H25FN4O3/c27-22-14-11-19(16-21(22)25(28)33)29-24(17-6-2-1-3-7-17)26(34)30-18-9-12-20(13-10-18)31-15-5-4-8-23(31)32/h1-3,6-7,9-14,16,24,29H,4-5,8,15H2,(H2,28,33)(H,30,34). The van der Waals surface area contributed by atoms with E-state index in [4.69, 9.17) is 5.73 Å². The molecule has 1 aliphatic heterocycles. The minimum Gasteiger partial charge on any atom is -0.370 e. The van der Waals surface area contributed by atoms with Gasteiger partial charge in [0, 0.05) is 30.0 Å².